The number of rotatable bonds is 4. The van der Waals surface area contributed by atoms with E-state index in [1.54, 1.807) is 29.3 Å². The number of anilines is 1. The Hall–Kier alpha value is -3.22. The van der Waals surface area contributed by atoms with Gasteiger partial charge in [-0.2, -0.15) is 0 Å². The van der Waals surface area contributed by atoms with Gasteiger partial charge in [0.25, 0.3) is 0 Å². The molecule has 1 aliphatic rings. The SMILES string of the molecule is CN1CCN(c2ccc(C(N)=O)c(-c3ccc(Cl)c(-c4ccccn4)c3)c2)C(=O)C1. The summed E-state index contributed by atoms with van der Waals surface area (Å²) in [4.78, 5) is 32.7. The van der Waals surface area contributed by atoms with Crippen LogP contribution in [-0.2, 0) is 4.79 Å². The Balaban J connectivity index is 1.81. The molecule has 1 fully saturated rings. The molecule has 30 heavy (non-hydrogen) atoms. The van der Waals surface area contributed by atoms with Crippen molar-refractivity contribution in [2.45, 2.75) is 0 Å². The molecular formula is C23H21ClN4O2. The van der Waals surface area contributed by atoms with Gasteiger partial charge in [-0.25, -0.2) is 0 Å². The summed E-state index contributed by atoms with van der Waals surface area (Å²) in [6, 6.07) is 16.4. The van der Waals surface area contributed by atoms with E-state index < -0.39 is 5.91 Å². The van der Waals surface area contributed by atoms with Crippen molar-refractivity contribution in [3.05, 3.63) is 71.4 Å². The van der Waals surface area contributed by atoms with Gasteiger partial charge < -0.3 is 10.6 Å². The van der Waals surface area contributed by atoms with Crippen molar-refractivity contribution >= 4 is 29.1 Å². The first-order chi connectivity index (χ1) is 14.4. The average molecular weight is 421 g/mol. The monoisotopic (exact) mass is 420 g/mol. The molecule has 2 heterocycles. The van der Waals surface area contributed by atoms with Crippen LogP contribution in [-0.4, -0.2) is 48.4 Å². The Kier molecular flexibility index (Phi) is 5.53. The average Bonchev–Trinajstić information content (AvgIpc) is 2.74. The number of halogens is 1. The van der Waals surface area contributed by atoms with Gasteiger partial charge in [-0.3, -0.25) is 19.5 Å². The molecule has 4 rings (SSSR count). The van der Waals surface area contributed by atoms with Gasteiger partial charge in [0, 0.05) is 41.1 Å². The zero-order valence-corrected chi connectivity index (χ0v) is 17.3. The van der Waals surface area contributed by atoms with Gasteiger partial charge in [-0.15, -0.1) is 0 Å². The molecule has 6 nitrogen and oxygen atoms in total. The second-order valence-corrected chi connectivity index (χ2v) is 7.69. The number of nitrogens with zero attached hydrogens (tertiary/aromatic N) is 3. The number of aromatic nitrogens is 1. The highest BCUT2D eigenvalue weighted by Gasteiger charge is 2.24. The number of piperazine rings is 1. The summed E-state index contributed by atoms with van der Waals surface area (Å²) in [6.07, 6.45) is 1.70. The van der Waals surface area contributed by atoms with Crippen LogP contribution in [0.15, 0.2) is 60.8 Å². The van der Waals surface area contributed by atoms with E-state index in [-0.39, 0.29) is 5.91 Å². The quantitative estimate of drug-likeness (QED) is 0.701. The van der Waals surface area contributed by atoms with Gasteiger partial charge in [0.2, 0.25) is 11.8 Å². The third kappa shape index (κ3) is 3.92. The molecule has 0 radical (unpaired) electrons. The molecule has 7 heteroatoms. The van der Waals surface area contributed by atoms with Gasteiger partial charge in [0.15, 0.2) is 0 Å². The van der Waals surface area contributed by atoms with E-state index >= 15 is 0 Å². The van der Waals surface area contributed by atoms with Gasteiger partial charge in [0.1, 0.15) is 0 Å². The summed E-state index contributed by atoms with van der Waals surface area (Å²) in [6.45, 7) is 1.73. The molecule has 0 unspecified atom stereocenters. The Morgan fingerprint density at radius 1 is 1.07 bits per heavy atom. The van der Waals surface area contributed by atoms with Gasteiger partial charge in [-0.05, 0) is 60.6 Å². The zero-order chi connectivity index (χ0) is 21.3. The number of pyridine rings is 1. The first kappa shape index (κ1) is 20.1. The summed E-state index contributed by atoms with van der Waals surface area (Å²) >= 11 is 6.42. The van der Waals surface area contributed by atoms with Crippen LogP contribution < -0.4 is 10.6 Å². The summed E-state index contributed by atoms with van der Waals surface area (Å²) in [5.74, 6) is -0.512. The molecule has 152 valence electrons. The minimum atomic E-state index is -0.532. The summed E-state index contributed by atoms with van der Waals surface area (Å²) in [5, 5.41) is 0.559. The van der Waals surface area contributed by atoms with E-state index in [1.807, 2.05) is 48.3 Å². The highest BCUT2D eigenvalue weighted by molar-refractivity contribution is 6.33. The number of benzene rings is 2. The van der Waals surface area contributed by atoms with Gasteiger partial charge >= 0.3 is 0 Å². The van der Waals surface area contributed by atoms with Crippen LogP contribution in [0.25, 0.3) is 22.4 Å². The van der Waals surface area contributed by atoms with Crippen LogP contribution >= 0.6 is 11.6 Å². The molecule has 1 aliphatic heterocycles. The van der Waals surface area contributed by atoms with E-state index in [0.29, 0.717) is 29.2 Å². The lowest BCUT2D eigenvalue weighted by atomic mass is 9.95. The number of nitrogens with two attached hydrogens (primary N) is 1. The van der Waals surface area contributed by atoms with Crippen LogP contribution in [0.2, 0.25) is 5.02 Å². The maximum atomic E-state index is 12.5. The molecule has 0 aliphatic carbocycles. The van der Waals surface area contributed by atoms with Crippen LogP contribution in [0.1, 0.15) is 10.4 Å². The molecule has 0 saturated carbocycles. The number of likely N-dealkylation sites (N-methyl/N-ethyl adjacent to an activating group) is 1. The van der Waals surface area contributed by atoms with Crippen molar-refractivity contribution in [2.75, 3.05) is 31.6 Å². The molecule has 2 aromatic carbocycles. The van der Waals surface area contributed by atoms with Crippen LogP contribution in [0.3, 0.4) is 0 Å². The number of hydrogen-bond acceptors (Lipinski definition) is 4. The minimum Gasteiger partial charge on any atom is -0.366 e. The predicted molar refractivity (Wildman–Crippen MR) is 118 cm³/mol. The van der Waals surface area contributed by atoms with Gasteiger partial charge in [-0.1, -0.05) is 23.7 Å². The van der Waals surface area contributed by atoms with Gasteiger partial charge in [0.05, 0.1) is 12.2 Å². The topological polar surface area (TPSA) is 79.5 Å². The van der Waals surface area contributed by atoms with Crippen molar-refractivity contribution in [1.82, 2.24) is 9.88 Å². The lowest BCUT2D eigenvalue weighted by Gasteiger charge is -2.32. The number of primary amides is 1. The number of carbonyl (C=O) groups excluding carboxylic acids is 2. The van der Waals surface area contributed by atoms with E-state index in [4.69, 9.17) is 17.3 Å². The second-order valence-electron chi connectivity index (χ2n) is 7.29. The van der Waals surface area contributed by atoms with E-state index in [1.165, 1.54) is 0 Å². The number of hydrogen-bond donors (Lipinski definition) is 1. The fraction of sp³-hybridized carbons (Fsp3) is 0.174. The first-order valence-electron chi connectivity index (χ1n) is 9.58. The summed E-state index contributed by atoms with van der Waals surface area (Å²) < 4.78 is 0. The largest absolute Gasteiger partial charge is 0.366 e. The fourth-order valence-corrected chi connectivity index (χ4v) is 3.84. The van der Waals surface area contributed by atoms with Crippen molar-refractivity contribution < 1.29 is 9.59 Å². The van der Waals surface area contributed by atoms with Crippen molar-refractivity contribution in [3.63, 3.8) is 0 Å². The van der Waals surface area contributed by atoms with Crippen LogP contribution in [0, 0.1) is 0 Å². The lowest BCUT2D eigenvalue weighted by Crippen LogP contribution is -2.48. The van der Waals surface area contributed by atoms with Crippen molar-refractivity contribution in [3.8, 4) is 22.4 Å². The number of amides is 2. The number of carbonyl (C=O) groups is 2. The lowest BCUT2D eigenvalue weighted by molar-refractivity contribution is -0.120. The Bertz CT molecular complexity index is 1120. The molecule has 0 spiro atoms. The van der Waals surface area contributed by atoms with Crippen LogP contribution in [0.5, 0.6) is 0 Å². The third-order valence-corrected chi connectivity index (χ3v) is 5.54. The molecule has 1 aromatic heterocycles. The molecule has 0 bridgehead atoms. The smallest absolute Gasteiger partial charge is 0.249 e. The summed E-state index contributed by atoms with van der Waals surface area (Å²) in [7, 11) is 1.92. The normalized spacial score (nSPS) is 14.7. The fourth-order valence-electron chi connectivity index (χ4n) is 3.63. The Morgan fingerprint density at radius 2 is 1.90 bits per heavy atom. The standard InChI is InChI=1S/C23H21ClN4O2/c1-27-10-11-28(22(29)14-27)16-6-7-17(23(25)30)18(13-16)15-5-8-20(24)19(12-15)21-4-2-3-9-26-21/h2-9,12-13H,10-11,14H2,1H3,(H2,25,30). The maximum Gasteiger partial charge on any atom is 0.249 e. The minimum absolute atomic E-state index is 0.0202. The van der Waals surface area contributed by atoms with Crippen molar-refractivity contribution in [1.29, 1.82) is 0 Å². The van der Waals surface area contributed by atoms with E-state index in [0.717, 1.165) is 29.1 Å². The second kappa shape index (κ2) is 8.26. The molecule has 2 amide bonds. The Morgan fingerprint density at radius 3 is 2.60 bits per heavy atom. The van der Waals surface area contributed by atoms with Crippen LogP contribution in [0.4, 0.5) is 5.69 Å². The highest BCUT2D eigenvalue weighted by Crippen LogP contribution is 2.35. The molecule has 3 aromatic rings. The maximum absolute atomic E-state index is 12.5. The molecule has 0 atom stereocenters. The first-order valence-corrected chi connectivity index (χ1v) is 9.96. The predicted octanol–water partition coefficient (Wildman–Crippen LogP) is 3.45. The molecule has 1 saturated heterocycles. The Labute approximate surface area is 179 Å². The van der Waals surface area contributed by atoms with Crippen molar-refractivity contribution in [2.24, 2.45) is 5.73 Å². The molecular weight excluding hydrogens is 400 g/mol. The third-order valence-electron chi connectivity index (χ3n) is 5.21. The molecule has 2 N–H and O–H groups in total. The highest BCUT2D eigenvalue weighted by atomic mass is 35.5. The zero-order valence-electron chi connectivity index (χ0n) is 16.5. The summed E-state index contributed by atoms with van der Waals surface area (Å²) in [5.41, 5.74) is 9.68. The van der Waals surface area contributed by atoms with E-state index in [9.17, 15) is 9.59 Å². The van der Waals surface area contributed by atoms with E-state index in [2.05, 4.69) is 4.98 Å².